The molecule has 1 N–H and O–H groups in total. The molecule has 0 radical (unpaired) electrons. The molecule has 32 heavy (non-hydrogen) atoms. The number of hydrogen-bond donors (Lipinski definition) is 1. The number of carbonyl (C=O) groups is 2. The van der Waals surface area contributed by atoms with E-state index in [4.69, 9.17) is 0 Å². The van der Waals surface area contributed by atoms with Gasteiger partial charge in [-0.05, 0) is 29.8 Å². The van der Waals surface area contributed by atoms with Gasteiger partial charge in [0, 0.05) is 52.4 Å². The van der Waals surface area contributed by atoms with Crippen LogP contribution in [0.15, 0.2) is 48.5 Å². The van der Waals surface area contributed by atoms with Crippen molar-refractivity contribution in [1.82, 2.24) is 14.7 Å². The highest BCUT2D eigenvalue weighted by Crippen LogP contribution is 2.34. The zero-order valence-electron chi connectivity index (χ0n) is 18.2. The maximum atomic E-state index is 13.1. The van der Waals surface area contributed by atoms with E-state index >= 15 is 0 Å². The molecule has 0 spiro atoms. The van der Waals surface area contributed by atoms with Gasteiger partial charge in [0.05, 0.1) is 17.8 Å². The highest BCUT2D eigenvalue weighted by Gasteiger charge is 2.33. The van der Waals surface area contributed by atoms with Crippen molar-refractivity contribution in [2.45, 2.75) is 12.7 Å². The van der Waals surface area contributed by atoms with Gasteiger partial charge in [-0.2, -0.15) is 13.2 Å². The van der Waals surface area contributed by atoms with Crippen molar-refractivity contribution in [3.63, 3.8) is 0 Å². The largest absolute Gasteiger partial charge is 0.418 e. The first-order valence-electron chi connectivity index (χ1n) is 10.3. The molecule has 0 aromatic heterocycles. The number of carbonyl (C=O) groups excluding carboxylic acids is 2. The molecule has 0 bridgehead atoms. The minimum atomic E-state index is -4.52. The SMILES string of the molecule is CN(C)C(=O)c1cccc(CN2CCN(CC(=O)Nc3ccccc3C(F)(F)F)CC2)c1. The Bertz CT molecular complexity index is 954. The van der Waals surface area contributed by atoms with E-state index < -0.39 is 17.6 Å². The van der Waals surface area contributed by atoms with Crippen molar-refractivity contribution in [3.05, 3.63) is 65.2 Å². The lowest BCUT2D eigenvalue weighted by Crippen LogP contribution is -2.48. The summed E-state index contributed by atoms with van der Waals surface area (Å²) in [5.41, 5.74) is 0.596. The third kappa shape index (κ3) is 6.30. The van der Waals surface area contributed by atoms with Crippen molar-refractivity contribution < 1.29 is 22.8 Å². The lowest BCUT2D eigenvalue weighted by atomic mass is 10.1. The van der Waals surface area contributed by atoms with Crippen molar-refractivity contribution in [3.8, 4) is 0 Å². The molecular formula is C23H27F3N4O2. The summed E-state index contributed by atoms with van der Waals surface area (Å²) in [5.74, 6) is -0.514. The summed E-state index contributed by atoms with van der Waals surface area (Å²) in [6.07, 6.45) is -4.52. The molecule has 1 fully saturated rings. The smallest absolute Gasteiger partial charge is 0.345 e. The van der Waals surface area contributed by atoms with Gasteiger partial charge >= 0.3 is 6.18 Å². The molecule has 0 aliphatic carbocycles. The first kappa shape index (κ1) is 23.7. The van der Waals surface area contributed by atoms with Crippen LogP contribution < -0.4 is 5.32 Å². The number of nitrogens with zero attached hydrogens (tertiary/aromatic N) is 3. The number of anilines is 1. The summed E-state index contributed by atoms with van der Waals surface area (Å²) in [6.45, 7) is 3.42. The predicted molar refractivity (Wildman–Crippen MR) is 116 cm³/mol. The summed E-state index contributed by atoms with van der Waals surface area (Å²) < 4.78 is 39.3. The number of nitrogens with one attached hydrogen (secondary N) is 1. The number of rotatable bonds is 6. The third-order valence-electron chi connectivity index (χ3n) is 5.32. The van der Waals surface area contributed by atoms with Gasteiger partial charge in [-0.3, -0.25) is 19.4 Å². The molecule has 3 rings (SSSR count). The van der Waals surface area contributed by atoms with Gasteiger partial charge in [0.25, 0.3) is 5.91 Å². The maximum Gasteiger partial charge on any atom is 0.418 e. The van der Waals surface area contributed by atoms with E-state index in [9.17, 15) is 22.8 Å². The van der Waals surface area contributed by atoms with E-state index in [0.29, 0.717) is 25.2 Å². The number of halogens is 3. The monoisotopic (exact) mass is 448 g/mol. The Hall–Kier alpha value is -2.91. The maximum absolute atomic E-state index is 13.1. The standard InChI is InChI=1S/C23H27F3N4O2/c1-28(2)22(32)18-7-5-6-17(14-18)15-29-10-12-30(13-11-29)16-21(31)27-20-9-4-3-8-19(20)23(24,25)26/h3-9,14H,10-13,15-16H2,1-2H3,(H,27,31). The molecule has 2 aromatic carbocycles. The number of benzene rings is 2. The Balaban J connectivity index is 1.50. The second-order valence-electron chi connectivity index (χ2n) is 8.04. The zero-order valence-corrected chi connectivity index (χ0v) is 18.2. The molecule has 0 atom stereocenters. The molecule has 172 valence electrons. The summed E-state index contributed by atoms with van der Waals surface area (Å²) in [7, 11) is 3.43. The van der Waals surface area contributed by atoms with Crippen LogP contribution in [0.4, 0.5) is 18.9 Å². The average molecular weight is 448 g/mol. The fourth-order valence-corrected chi connectivity index (χ4v) is 3.66. The van der Waals surface area contributed by atoms with Crippen LogP contribution in [0.5, 0.6) is 0 Å². The molecular weight excluding hydrogens is 421 g/mol. The van der Waals surface area contributed by atoms with E-state index in [1.807, 2.05) is 23.1 Å². The molecule has 2 aromatic rings. The van der Waals surface area contributed by atoms with Crippen LogP contribution in [0.25, 0.3) is 0 Å². The first-order chi connectivity index (χ1) is 15.1. The number of alkyl halides is 3. The van der Waals surface area contributed by atoms with Crippen LogP contribution in [-0.4, -0.2) is 73.3 Å². The molecule has 9 heteroatoms. The van der Waals surface area contributed by atoms with E-state index in [-0.39, 0.29) is 18.1 Å². The normalized spacial score (nSPS) is 15.4. The summed E-state index contributed by atoms with van der Waals surface area (Å²) in [6, 6.07) is 12.5. The van der Waals surface area contributed by atoms with Crippen molar-refractivity contribution in [2.24, 2.45) is 0 Å². The second kappa shape index (κ2) is 10.1. The van der Waals surface area contributed by atoms with Crippen LogP contribution in [0.3, 0.4) is 0 Å². The molecule has 1 heterocycles. The Kier molecular flexibility index (Phi) is 7.52. The zero-order chi connectivity index (χ0) is 23.3. The van der Waals surface area contributed by atoms with Crippen LogP contribution >= 0.6 is 0 Å². The molecule has 1 saturated heterocycles. The second-order valence-corrected chi connectivity index (χ2v) is 8.04. The minimum absolute atomic E-state index is 0.0346. The Morgan fingerprint density at radius 2 is 1.62 bits per heavy atom. The van der Waals surface area contributed by atoms with E-state index in [1.165, 1.54) is 23.1 Å². The van der Waals surface area contributed by atoms with Crippen molar-refractivity contribution >= 4 is 17.5 Å². The Morgan fingerprint density at radius 3 is 2.28 bits per heavy atom. The quantitative estimate of drug-likeness (QED) is 0.738. The van der Waals surface area contributed by atoms with E-state index in [2.05, 4.69) is 10.2 Å². The molecule has 6 nitrogen and oxygen atoms in total. The van der Waals surface area contributed by atoms with E-state index in [0.717, 1.165) is 24.7 Å². The molecule has 0 saturated carbocycles. The lowest BCUT2D eigenvalue weighted by molar-refractivity contribution is -0.137. The van der Waals surface area contributed by atoms with Gasteiger partial charge in [0.2, 0.25) is 5.91 Å². The average Bonchev–Trinajstić information content (AvgIpc) is 2.74. The van der Waals surface area contributed by atoms with Gasteiger partial charge < -0.3 is 10.2 Å². The molecule has 2 amide bonds. The highest BCUT2D eigenvalue weighted by molar-refractivity contribution is 5.94. The van der Waals surface area contributed by atoms with Crippen LogP contribution in [-0.2, 0) is 17.5 Å². The topological polar surface area (TPSA) is 55.9 Å². The Labute approximate surface area is 185 Å². The molecule has 1 aliphatic rings. The predicted octanol–water partition coefficient (Wildman–Crippen LogP) is 3.16. The number of piperazine rings is 1. The van der Waals surface area contributed by atoms with Crippen molar-refractivity contribution in [2.75, 3.05) is 52.1 Å². The van der Waals surface area contributed by atoms with Gasteiger partial charge in [-0.1, -0.05) is 24.3 Å². The molecule has 0 unspecified atom stereocenters. The Morgan fingerprint density at radius 1 is 0.969 bits per heavy atom. The fourth-order valence-electron chi connectivity index (χ4n) is 3.66. The summed E-state index contributed by atoms with van der Waals surface area (Å²) >= 11 is 0. The van der Waals surface area contributed by atoms with Gasteiger partial charge in [-0.25, -0.2) is 0 Å². The highest BCUT2D eigenvalue weighted by atomic mass is 19.4. The van der Waals surface area contributed by atoms with Gasteiger partial charge in [0.1, 0.15) is 0 Å². The minimum Gasteiger partial charge on any atom is -0.345 e. The van der Waals surface area contributed by atoms with Gasteiger partial charge in [0.15, 0.2) is 0 Å². The lowest BCUT2D eigenvalue weighted by Gasteiger charge is -2.34. The first-order valence-corrected chi connectivity index (χ1v) is 10.3. The van der Waals surface area contributed by atoms with E-state index in [1.54, 1.807) is 20.2 Å². The van der Waals surface area contributed by atoms with Crippen LogP contribution in [0.2, 0.25) is 0 Å². The summed E-state index contributed by atoms with van der Waals surface area (Å²) in [5, 5.41) is 2.39. The summed E-state index contributed by atoms with van der Waals surface area (Å²) in [4.78, 5) is 30.2. The van der Waals surface area contributed by atoms with Crippen LogP contribution in [0.1, 0.15) is 21.5 Å². The number of amides is 2. The number of para-hydroxylation sites is 1. The number of hydrogen-bond acceptors (Lipinski definition) is 4. The third-order valence-corrected chi connectivity index (χ3v) is 5.32. The fraction of sp³-hybridized carbons (Fsp3) is 0.391. The van der Waals surface area contributed by atoms with Gasteiger partial charge in [-0.15, -0.1) is 0 Å². The van der Waals surface area contributed by atoms with Crippen molar-refractivity contribution in [1.29, 1.82) is 0 Å². The van der Waals surface area contributed by atoms with Crippen LogP contribution in [0, 0.1) is 0 Å². The molecule has 1 aliphatic heterocycles.